The minimum absolute atomic E-state index is 0.164. The molecule has 5 aromatic rings. The molecule has 0 saturated carbocycles. The minimum Gasteiger partial charge on any atom is -0.264 e. The molecule has 0 radical (unpaired) electrons. The summed E-state index contributed by atoms with van der Waals surface area (Å²) in [6, 6.07) is 44.1. The SMILES string of the molecule is O=C(N[n+]1c(-c2ccccc2)cc(-c2ccccc2)cc1-c1ccccc1)c1ccccc1.[O-][Cl+3]([O-])([O-])[O-]. The van der Waals surface area contributed by atoms with Crippen molar-refractivity contribution < 1.29 is 38.3 Å². The molecule has 0 aliphatic heterocycles. The zero-order valence-corrected chi connectivity index (χ0v) is 20.8. The molecule has 4 aromatic carbocycles. The van der Waals surface area contributed by atoms with Gasteiger partial charge in [-0.1, -0.05) is 89.6 Å². The molecule has 0 fully saturated rings. The summed E-state index contributed by atoms with van der Waals surface area (Å²) in [5.74, 6) is -0.164. The minimum atomic E-state index is -4.94. The number of nitrogens with zero attached hydrogens (tertiary/aromatic N) is 1. The lowest BCUT2D eigenvalue weighted by molar-refractivity contribution is -2.00. The fourth-order valence-corrected chi connectivity index (χ4v) is 3.91. The fraction of sp³-hybridized carbons (Fsp3) is 0. The maximum absolute atomic E-state index is 13.2. The molecule has 0 bridgehead atoms. The molecular weight excluding hydrogens is 504 g/mol. The van der Waals surface area contributed by atoms with E-state index in [2.05, 4.69) is 54.0 Å². The predicted octanol–water partition coefficient (Wildman–Crippen LogP) is 1.60. The van der Waals surface area contributed by atoms with E-state index in [4.69, 9.17) is 18.6 Å². The number of pyridine rings is 1. The molecule has 0 unspecified atom stereocenters. The van der Waals surface area contributed by atoms with Gasteiger partial charge in [-0.05, 0) is 47.5 Å². The predicted molar refractivity (Wildman–Crippen MR) is 133 cm³/mol. The average molecular weight is 527 g/mol. The number of carbonyl (C=O) groups excluding carboxylic acids is 1. The largest absolute Gasteiger partial charge is 0.305 e. The van der Waals surface area contributed by atoms with Crippen molar-refractivity contribution in [3.8, 4) is 33.6 Å². The van der Waals surface area contributed by atoms with Crippen LogP contribution in [-0.4, -0.2) is 5.91 Å². The quantitative estimate of drug-likeness (QED) is 0.348. The summed E-state index contributed by atoms with van der Waals surface area (Å²) >= 11 is 0. The third kappa shape index (κ3) is 7.33. The fourth-order valence-electron chi connectivity index (χ4n) is 3.91. The number of benzene rings is 4. The van der Waals surface area contributed by atoms with Crippen LogP contribution in [0.2, 0.25) is 0 Å². The topological polar surface area (TPSA) is 125 Å². The summed E-state index contributed by atoms with van der Waals surface area (Å²) < 4.78 is 35.9. The molecule has 5 rings (SSSR count). The Morgan fingerprint density at radius 1 is 0.526 bits per heavy atom. The standard InChI is InChI=1S/C30H22N2O.ClHO4/c33-30(26-19-11-4-12-20-26)31-32-28(24-15-7-2-8-16-24)21-27(23-13-5-1-6-14-23)22-29(32)25-17-9-3-10-18-25;2-1(3,4)5/h1-22H;(H,2,3,4,5). The zero-order chi connectivity index (χ0) is 27.0. The van der Waals surface area contributed by atoms with Crippen molar-refractivity contribution in [2.75, 3.05) is 5.43 Å². The molecule has 190 valence electrons. The molecule has 1 amide bonds. The van der Waals surface area contributed by atoms with E-state index in [-0.39, 0.29) is 5.91 Å². The Balaban J connectivity index is 0.000000617. The molecular formula is C30H23ClN2O5. The van der Waals surface area contributed by atoms with E-state index in [1.807, 2.05) is 89.6 Å². The Morgan fingerprint density at radius 2 is 0.868 bits per heavy atom. The van der Waals surface area contributed by atoms with Crippen LogP contribution in [0.5, 0.6) is 0 Å². The van der Waals surface area contributed by atoms with Crippen LogP contribution in [0.15, 0.2) is 133 Å². The van der Waals surface area contributed by atoms with Gasteiger partial charge in [-0.2, -0.15) is 0 Å². The van der Waals surface area contributed by atoms with Crippen molar-refractivity contribution in [2.24, 2.45) is 0 Å². The maximum atomic E-state index is 13.2. The van der Waals surface area contributed by atoms with Crippen LogP contribution >= 0.6 is 0 Å². The van der Waals surface area contributed by atoms with Gasteiger partial charge in [-0.3, -0.25) is 4.79 Å². The number of aromatic nitrogens is 1. The molecule has 0 aliphatic carbocycles. The highest BCUT2D eigenvalue weighted by molar-refractivity contribution is 5.99. The van der Waals surface area contributed by atoms with Gasteiger partial charge in [0.25, 0.3) is 0 Å². The molecule has 38 heavy (non-hydrogen) atoms. The molecule has 0 aliphatic rings. The van der Waals surface area contributed by atoms with Crippen molar-refractivity contribution >= 4 is 5.91 Å². The highest BCUT2D eigenvalue weighted by atomic mass is 35.7. The Bertz CT molecular complexity index is 1410. The van der Waals surface area contributed by atoms with E-state index >= 15 is 0 Å². The highest BCUT2D eigenvalue weighted by Crippen LogP contribution is 2.28. The second-order valence-electron chi connectivity index (χ2n) is 8.13. The second-order valence-corrected chi connectivity index (χ2v) is 8.89. The van der Waals surface area contributed by atoms with Crippen LogP contribution in [-0.2, 0) is 0 Å². The third-order valence-corrected chi connectivity index (χ3v) is 5.56. The summed E-state index contributed by atoms with van der Waals surface area (Å²) in [6.45, 7) is 0. The number of hydrogen-bond donors (Lipinski definition) is 1. The molecule has 1 heterocycles. The summed E-state index contributed by atoms with van der Waals surface area (Å²) in [5, 5.41) is 0. The Hall–Kier alpha value is -4.37. The van der Waals surface area contributed by atoms with Crippen LogP contribution in [0.25, 0.3) is 33.6 Å². The van der Waals surface area contributed by atoms with Gasteiger partial charge in [0.1, 0.15) is 0 Å². The summed E-state index contributed by atoms with van der Waals surface area (Å²) in [4.78, 5) is 13.2. The monoisotopic (exact) mass is 526 g/mol. The van der Waals surface area contributed by atoms with E-state index in [9.17, 15) is 4.79 Å². The van der Waals surface area contributed by atoms with Crippen LogP contribution < -0.4 is 28.7 Å². The first-order valence-electron chi connectivity index (χ1n) is 11.5. The van der Waals surface area contributed by atoms with E-state index in [0.29, 0.717) is 5.56 Å². The van der Waals surface area contributed by atoms with E-state index in [0.717, 1.165) is 33.6 Å². The van der Waals surface area contributed by atoms with Crippen LogP contribution in [0.1, 0.15) is 10.4 Å². The van der Waals surface area contributed by atoms with Crippen LogP contribution in [0.4, 0.5) is 0 Å². The van der Waals surface area contributed by atoms with Crippen molar-refractivity contribution in [2.45, 2.75) is 0 Å². The van der Waals surface area contributed by atoms with Gasteiger partial charge in [0, 0.05) is 28.8 Å². The molecule has 1 aromatic heterocycles. The van der Waals surface area contributed by atoms with Gasteiger partial charge >= 0.3 is 5.91 Å². The van der Waals surface area contributed by atoms with Gasteiger partial charge in [0.2, 0.25) is 11.4 Å². The Kier molecular flexibility index (Phi) is 8.60. The average Bonchev–Trinajstić information content (AvgIpc) is 2.94. The van der Waals surface area contributed by atoms with Crippen LogP contribution in [0.3, 0.4) is 0 Å². The molecule has 8 heteroatoms. The second kappa shape index (κ2) is 12.2. The molecule has 1 N–H and O–H groups in total. The van der Waals surface area contributed by atoms with Gasteiger partial charge in [-0.25, -0.2) is 18.6 Å². The Labute approximate surface area is 222 Å². The van der Waals surface area contributed by atoms with Gasteiger partial charge in [-0.15, -0.1) is 15.7 Å². The van der Waals surface area contributed by atoms with E-state index in [1.54, 1.807) is 0 Å². The summed E-state index contributed by atoms with van der Waals surface area (Å²) in [7, 11) is -4.94. The first-order valence-corrected chi connectivity index (χ1v) is 12.8. The number of rotatable bonds is 5. The number of amides is 1. The van der Waals surface area contributed by atoms with Crippen LogP contribution in [0, 0.1) is 10.2 Å². The normalized spacial score (nSPS) is 10.7. The smallest absolute Gasteiger partial charge is 0.264 e. The van der Waals surface area contributed by atoms with E-state index in [1.165, 1.54) is 0 Å². The zero-order valence-electron chi connectivity index (χ0n) is 20.1. The summed E-state index contributed by atoms with van der Waals surface area (Å²) in [6.07, 6.45) is 0. The third-order valence-electron chi connectivity index (χ3n) is 5.56. The van der Waals surface area contributed by atoms with Crippen molar-refractivity contribution in [3.63, 3.8) is 0 Å². The lowest BCUT2D eigenvalue weighted by Gasteiger charge is -2.17. The number of hydrogen-bond acceptors (Lipinski definition) is 5. The van der Waals surface area contributed by atoms with Gasteiger partial charge in [0.05, 0.1) is 0 Å². The lowest BCUT2D eigenvalue weighted by Crippen LogP contribution is -2.68. The highest BCUT2D eigenvalue weighted by Gasteiger charge is 2.25. The first-order chi connectivity index (χ1) is 18.3. The van der Waals surface area contributed by atoms with Crippen molar-refractivity contribution in [1.82, 2.24) is 0 Å². The molecule has 0 spiro atoms. The molecule has 7 nitrogen and oxygen atoms in total. The van der Waals surface area contributed by atoms with Crippen molar-refractivity contribution in [1.29, 1.82) is 0 Å². The maximum Gasteiger partial charge on any atom is 0.305 e. The number of halogens is 1. The lowest BCUT2D eigenvalue weighted by atomic mass is 9.99. The van der Waals surface area contributed by atoms with Crippen molar-refractivity contribution in [3.05, 3.63) is 139 Å². The summed E-state index contributed by atoms with van der Waals surface area (Å²) in [5.41, 5.74) is 9.79. The van der Waals surface area contributed by atoms with Gasteiger partial charge in [0.15, 0.2) is 0 Å². The Morgan fingerprint density at radius 3 is 1.26 bits per heavy atom. The number of nitrogens with one attached hydrogen (secondary N) is 1. The number of carbonyl (C=O) groups is 1. The first kappa shape index (κ1) is 26.7. The molecule has 0 saturated heterocycles. The molecule has 0 atom stereocenters. The van der Waals surface area contributed by atoms with E-state index < -0.39 is 10.2 Å². The van der Waals surface area contributed by atoms with Gasteiger partial charge < -0.3 is 0 Å².